The monoisotopic (exact) mass is 541 g/mol. The minimum absolute atomic E-state index is 1.18. The molecule has 0 bridgehead atoms. The Bertz CT molecular complexity index is 2330. The summed E-state index contributed by atoms with van der Waals surface area (Å²) in [5.41, 5.74) is 7.43. The summed E-state index contributed by atoms with van der Waals surface area (Å²) in [6, 6.07) is 42.0. The Balaban J connectivity index is 1.56. The molecule has 0 aliphatic heterocycles. The maximum Gasteiger partial charge on any atom is 0.0722 e. The van der Waals surface area contributed by atoms with Gasteiger partial charge in [-0.2, -0.15) is 0 Å². The lowest BCUT2D eigenvalue weighted by Crippen LogP contribution is -1.97. The second kappa shape index (κ2) is 9.33. The van der Waals surface area contributed by atoms with E-state index < -0.39 is 0 Å². The lowest BCUT2D eigenvalue weighted by molar-refractivity contribution is 1.06. The Morgan fingerprint density at radius 2 is 1.39 bits per heavy atom. The van der Waals surface area contributed by atoms with Crippen LogP contribution < -0.4 is 0 Å². The number of hydrogen-bond acceptors (Lipinski definition) is 1. The summed E-state index contributed by atoms with van der Waals surface area (Å²) in [5.74, 6) is 0. The number of nitrogens with zero attached hydrogens (tertiary/aromatic N) is 1. The molecule has 0 fully saturated rings. The molecule has 41 heavy (non-hydrogen) atoms. The van der Waals surface area contributed by atoms with Crippen molar-refractivity contribution in [3.63, 3.8) is 0 Å². The fourth-order valence-corrected chi connectivity index (χ4v) is 7.76. The van der Waals surface area contributed by atoms with Gasteiger partial charge in [-0.1, -0.05) is 122 Å². The molecule has 2 heteroatoms. The van der Waals surface area contributed by atoms with E-state index in [0.29, 0.717) is 0 Å². The highest BCUT2D eigenvalue weighted by molar-refractivity contribution is 7.27. The average molecular weight is 542 g/mol. The summed E-state index contributed by atoms with van der Waals surface area (Å²) in [7, 11) is 0. The van der Waals surface area contributed by atoms with E-state index in [4.69, 9.17) is 0 Å². The number of benzene rings is 6. The molecule has 0 aliphatic rings. The van der Waals surface area contributed by atoms with Crippen LogP contribution in [-0.4, -0.2) is 4.57 Å². The Hall–Kier alpha value is -4.92. The number of rotatable bonds is 4. The molecule has 1 nitrogen and oxygen atoms in total. The molecule has 0 saturated carbocycles. The van der Waals surface area contributed by atoms with Crippen molar-refractivity contribution in [3.05, 3.63) is 145 Å². The molecule has 2 aromatic heterocycles. The summed E-state index contributed by atoms with van der Waals surface area (Å²) in [6.07, 6.45) is 6.15. The Morgan fingerprint density at radius 1 is 0.659 bits per heavy atom. The molecule has 6 aromatic carbocycles. The van der Waals surface area contributed by atoms with Gasteiger partial charge < -0.3 is 4.57 Å². The summed E-state index contributed by atoms with van der Waals surface area (Å²) in [4.78, 5) is 0. The van der Waals surface area contributed by atoms with Gasteiger partial charge in [0.25, 0.3) is 0 Å². The van der Waals surface area contributed by atoms with Gasteiger partial charge in [-0.3, -0.25) is 0 Å². The number of thiophene rings is 1. The smallest absolute Gasteiger partial charge is 0.0722 e. The molecular weight excluding hydrogens is 515 g/mol. The zero-order valence-electron chi connectivity index (χ0n) is 22.8. The standard InChI is InChI=1S/C39H27NS/c1-3-4-16-31-25(2)40(30-21-19-27-14-8-9-15-28(27)23-30)38-36(31)32-17-10-11-18-33(32)37-34-22-20-29(24-35(34)41-39(37)38)26-12-6-5-7-13-26/h3-24H,1H2,2H3/b16-4-. The molecular formula is C39H27NS. The van der Waals surface area contributed by atoms with Crippen molar-refractivity contribution in [1.82, 2.24) is 4.57 Å². The van der Waals surface area contributed by atoms with E-state index in [0.717, 1.165) is 0 Å². The van der Waals surface area contributed by atoms with Crippen LogP contribution in [0.1, 0.15) is 11.3 Å². The third-order valence-electron chi connectivity index (χ3n) is 8.32. The Morgan fingerprint density at radius 3 is 2.20 bits per heavy atom. The topological polar surface area (TPSA) is 4.93 Å². The minimum Gasteiger partial charge on any atom is -0.312 e. The molecule has 2 heterocycles. The van der Waals surface area contributed by atoms with Crippen LogP contribution in [0.25, 0.3) is 75.5 Å². The quantitative estimate of drug-likeness (QED) is 0.195. The van der Waals surface area contributed by atoms with Crippen molar-refractivity contribution in [2.24, 2.45) is 0 Å². The van der Waals surface area contributed by atoms with Gasteiger partial charge in [0, 0.05) is 37.8 Å². The lowest BCUT2D eigenvalue weighted by atomic mass is 9.97. The lowest BCUT2D eigenvalue weighted by Gasteiger charge is -2.12. The summed E-state index contributed by atoms with van der Waals surface area (Å²) < 4.78 is 5.12. The molecule has 0 saturated heterocycles. The van der Waals surface area contributed by atoms with Crippen molar-refractivity contribution in [3.8, 4) is 16.8 Å². The van der Waals surface area contributed by atoms with Crippen molar-refractivity contribution in [2.45, 2.75) is 6.92 Å². The molecule has 8 aromatic rings. The molecule has 194 valence electrons. The first kappa shape index (κ1) is 23.9. The average Bonchev–Trinajstić information content (AvgIpc) is 3.55. The molecule has 0 atom stereocenters. The van der Waals surface area contributed by atoms with Gasteiger partial charge in [-0.05, 0) is 57.8 Å². The summed E-state index contributed by atoms with van der Waals surface area (Å²) in [6.45, 7) is 6.22. The van der Waals surface area contributed by atoms with Gasteiger partial charge in [0.1, 0.15) is 0 Å². The van der Waals surface area contributed by atoms with Crippen molar-refractivity contribution in [1.29, 1.82) is 0 Å². The first-order valence-electron chi connectivity index (χ1n) is 14.0. The van der Waals surface area contributed by atoms with Crippen molar-refractivity contribution >= 4 is 70.0 Å². The van der Waals surface area contributed by atoms with Crippen LogP contribution in [0.4, 0.5) is 0 Å². The normalized spacial score (nSPS) is 12.0. The van der Waals surface area contributed by atoms with Gasteiger partial charge in [-0.15, -0.1) is 11.3 Å². The highest BCUT2D eigenvalue weighted by Gasteiger charge is 2.23. The number of allylic oxidation sites excluding steroid dienone is 2. The van der Waals surface area contributed by atoms with E-state index in [2.05, 4.69) is 145 Å². The van der Waals surface area contributed by atoms with E-state index in [1.54, 1.807) is 0 Å². The van der Waals surface area contributed by atoms with Crippen molar-refractivity contribution in [2.75, 3.05) is 0 Å². The molecule has 0 unspecified atom stereocenters. The molecule has 0 N–H and O–H groups in total. The second-order valence-corrected chi connectivity index (χ2v) is 11.7. The third-order valence-corrected chi connectivity index (χ3v) is 9.48. The van der Waals surface area contributed by atoms with Crippen LogP contribution in [0.2, 0.25) is 0 Å². The van der Waals surface area contributed by atoms with Crippen LogP contribution >= 0.6 is 11.3 Å². The fourth-order valence-electron chi connectivity index (χ4n) is 6.46. The van der Waals surface area contributed by atoms with Crippen LogP contribution in [0.5, 0.6) is 0 Å². The highest BCUT2D eigenvalue weighted by atomic mass is 32.1. The fraction of sp³-hybridized carbons (Fsp3) is 0.0256. The first-order chi connectivity index (χ1) is 20.2. The molecule has 0 aliphatic carbocycles. The highest BCUT2D eigenvalue weighted by Crippen LogP contribution is 2.48. The summed E-state index contributed by atoms with van der Waals surface area (Å²) in [5, 5.41) is 9.04. The first-order valence-corrected chi connectivity index (χ1v) is 14.8. The summed E-state index contributed by atoms with van der Waals surface area (Å²) >= 11 is 1.91. The predicted octanol–water partition coefficient (Wildman–Crippen LogP) is 11.5. The van der Waals surface area contributed by atoms with Crippen LogP contribution in [-0.2, 0) is 0 Å². The maximum absolute atomic E-state index is 3.97. The molecule has 0 spiro atoms. The number of aromatic nitrogens is 1. The van der Waals surface area contributed by atoms with Crippen LogP contribution in [0, 0.1) is 6.92 Å². The largest absolute Gasteiger partial charge is 0.312 e. The zero-order chi connectivity index (χ0) is 27.5. The van der Waals surface area contributed by atoms with E-state index in [-0.39, 0.29) is 0 Å². The minimum atomic E-state index is 1.18. The SMILES string of the molecule is C=C/C=C\c1c(C)n(-c2ccc3ccccc3c2)c2c3sc4cc(-c5ccccc5)ccc4c3c3ccccc3c12. The molecule has 8 rings (SSSR count). The Kier molecular flexibility index (Phi) is 5.44. The number of hydrogen-bond donors (Lipinski definition) is 0. The zero-order valence-corrected chi connectivity index (χ0v) is 23.6. The Labute approximate surface area is 242 Å². The maximum atomic E-state index is 3.97. The predicted molar refractivity (Wildman–Crippen MR) is 181 cm³/mol. The second-order valence-electron chi connectivity index (χ2n) is 10.6. The molecule has 0 radical (unpaired) electrons. The molecule has 0 amide bonds. The van der Waals surface area contributed by atoms with E-state index in [1.165, 1.54) is 80.7 Å². The van der Waals surface area contributed by atoms with E-state index in [9.17, 15) is 0 Å². The van der Waals surface area contributed by atoms with E-state index >= 15 is 0 Å². The van der Waals surface area contributed by atoms with Gasteiger partial charge >= 0.3 is 0 Å². The van der Waals surface area contributed by atoms with Crippen molar-refractivity contribution < 1.29 is 0 Å². The number of fused-ring (bicyclic) bond motifs is 9. The van der Waals surface area contributed by atoms with Gasteiger partial charge in [0.05, 0.1) is 10.2 Å². The van der Waals surface area contributed by atoms with Crippen LogP contribution in [0.3, 0.4) is 0 Å². The third kappa shape index (κ3) is 3.61. The van der Waals surface area contributed by atoms with Gasteiger partial charge in [0.15, 0.2) is 0 Å². The van der Waals surface area contributed by atoms with Gasteiger partial charge in [-0.25, -0.2) is 0 Å². The van der Waals surface area contributed by atoms with Gasteiger partial charge in [0.2, 0.25) is 0 Å². The van der Waals surface area contributed by atoms with Crippen LogP contribution in [0.15, 0.2) is 134 Å². The van der Waals surface area contributed by atoms with E-state index in [1.807, 2.05) is 17.4 Å².